The van der Waals surface area contributed by atoms with Crippen LogP contribution in [0.3, 0.4) is 0 Å². The van der Waals surface area contributed by atoms with Gasteiger partial charge in [0.25, 0.3) is 10.0 Å². The van der Waals surface area contributed by atoms with Crippen molar-refractivity contribution >= 4 is 56.1 Å². The number of anilines is 6. The van der Waals surface area contributed by atoms with E-state index in [2.05, 4.69) is 37.2 Å². The second-order valence-corrected chi connectivity index (χ2v) is 9.75. The van der Waals surface area contributed by atoms with Gasteiger partial charge in [0.2, 0.25) is 17.7 Å². The van der Waals surface area contributed by atoms with Crippen molar-refractivity contribution in [2.45, 2.75) is 4.90 Å². The predicted molar refractivity (Wildman–Crippen MR) is 151 cm³/mol. The molecule has 0 bridgehead atoms. The summed E-state index contributed by atoms with van der Waals surface area (Å²) in [5.41, 5.74) is 1.34. The number of nitrogens with zero attached hydrogens (tertiary/aromatic N) is 3. The summed E-state index contributed by atoms with van der Waals surface area (Å²) in [6, 6.07) is 18.7. The molecule has 0 aliphatic rings. The fraction of sp³-hybridized carbons (Fsp3) is 0.0385. The van der Waals surface area contributed by atoms with E-state index in [0.29, 0.717) is 28.5 Å². The number of nitrogens with one attached hydrogen (secondary N) is 4. The maximum absolute atomic E-state index is 12.7. The molecule has 0 unspecified atom stereocenters. The van der Waals surface area contributed by atoms with Crippen LogP contribution >= 0.6 is 0 Å². The molecule has 1 heterocycles. The third-order valence-electron chi connectivity index (χ3n) is 5.31. The fourth-order valence-corrected chi connectivity index (χ4v) is 4.44. The Morgan fingerprint density at radius 1 is 0.975 bits per heavy atom. The number of methoxy groups -OCH3 is 1. The number of benzene rings is 3. The van der Waals surface area contributed by atoms with E-state index in [9.17, 15) is 23.3 Å². The molecule has 0 fully saturated rings. The summed E-state index contributed by atoms with van der Waals surface area (Å²) < 4.78 is 32.9. The van der Waals surface area contributed by atoms with Crippen LogP contribution < -0.4 is 25.4 Å². The van der Waals surface area contributed by atoms with Gasteiger partial charge in [0.05, 0.1) is 16.9 Å². The van der Waals surface area contributed by atoms with Gasteiger partial charge in [-0.1, -0.05) is 12.6 Å². The summed E-state index contributed by atoms with van der Waals surface area (Å²) >= 11 is 0. The first-order valence-electron chi connectivity index (χ1n) is 11.5. The van der Waals surface area contributed by atoms with Gasteiger partial charge < -0.3 is 20.7 Å². The van der Waals surface area contributed by atoms with Crippen molar-refractivity contribution in [3.63, 3.8) is 0 Å². The Morgan fingerprint density at radius 3 is 2.30 bits per heavy atom. The molecule has 4 N–H and O–H groups in total. The van der Waals surface area contributed by atoms with Crippen molar-refractivity contribution in [2.24, 2.45) is 0 Å². The minimum Gasteiger partial charge on any atom is -0.497 e. The third kappa shape index (κ3) is 6.87. The van der Waals surface area contributed by atoms with E-state index in [-0.39, 0.29) is 22.3 Å². The fourth-order valence-electron chi connectivity index (χ4n) is 3.39. The summed E-state index contributed by atoms with van der Waals surface area (Å²) in [4.78, 5) is 30.8. The molecule has 204 valence electrons. The number of nitro groups is 1. The second kappa shape index (κ2) is 11.9. The van der Waals surface area contributed by atoms with Crippen molar-refractivity contribution in [1.82, 2.24) is 9.97 Å². The lowest BCUT2D eigenvalue weighted by atomic mass is 10.2. The van der Waals surface area contributed by atoms with Gasteiger partial charge in [-0.05, 0) is 72.8 Å². The van der Waals surface area contributed by atoms with Crippen molar-refractivity contribution in [1.29, 1.82) is 0 Å². The Hall–Kier alpha value is -5.50. The minimum absolute atomic E-state index is 0.0516. The molecule has 0 aliphatic heterocycles. The Balaban J connectivity index is 1.49. The highest BCUT2D eigenvalue weighted by Crippen LogP contribution is 2.28. The van der Waals surface area contributed by atoms with Gasteiger partial charge in [-0.25, -0.2) is 13.4 Å². The van der Waals surface area contributed by atoms with Crippen molar-refractivity contribution in [3.05, 3.63) is 102 Å². The number of ether oxygens (including phenoxy) is 1. The van der Waals surface area contributed by atoms with Gasteiger partial charge >= 0.3 is 5.69 Å². The molecular weight excluding hydrogens is 538 g/mol. The third-order valence-corrected chi connectivity index (χ3v) is 6.70. The quantitative estimate of drug-likeness (QED) is 0.113. The first kappa shape index (κ1) is 27.5. The maximum Gasteiger partial charge on any atom is 0.329 e. The van der Waals surface area contributed by atoms with E-state index in [1.54, 1.807) is 48.5 Å². The molecule has 3 aromatic carbocycles. The SMILES string of the molecule is C=CC(=O)Nc1cccc(Nc2nc(Nc3ccc(NS(=O)(=O)c4ccc(OC)cc4)cc3)ncc2[N+](=O)[O-])c1. The molecule has 0 spiro atoms. The van der Waals surface area contributed by atoms with Gasteiger partial charge in [-0.15, -0.1) is 0 Å². The predicted octanol–water partition coefficient (Wildman–Crippen LogP) is 4.81. The van der Waals surface area contributed by atoms with Crippen molar-refractivity contribution < 1.29 is 22.9 Å². The van der Waals surface area contributed by atoms with Crippen LogP contribution in [0.2, 0.25) is 0 Å². The molecule has 0 aliphatic carbocycles. The molecule has 1 amide bonds. The number of carbonyl (C=O) groups excluding carboxylic acids is 1. The van der Waals surface area contributed by atoms with E-state index >= 15 is 0 Å². The zero-order valence-electron chi connectivity index (χ0n) is 21.0. The molecule has 4 rings (SSSR count). The maximum atomic E-state index is 12.7. The van der Waals surface area contributed by atoms with Crippen molar-refractivity contribution in [2.75, 3.05) is 27.8 Å². The molecule has 0 atom stereocenters. The van der Waals surface area contributed by atoms with E-state index in [0.717, 1.165) is 12.3 Å². The first-order chi connectivity index (χ1) is 19.2. The Bertz CT molecular complexity index is 1660. The Morgan fingerprint density at radius 2 is 1.65 bits per heavy atom. The normalized spacial score (nSPS) is 10.7. The zero-order chi connectivity index (χ0) is 28.7. The monoisotopic (exact) mass is 561 g/mol. The van der Waals surface area contributed by atoms with Gasteiger partial charge in [-0.3, -0.25) is 19.6 Å². The van der Waals surface area contributed by atoms with Gasteiger partial charge in [0.15, 0.2) is 0 Å². The van der Waals surface area contributed by atoms with Crippen LogP contribution in [0.4, 0.5) is 40.2 Å². The number of hydrogen-bond acceptors (Lipinski definition) is 10. The number of sulfonamides is 1. The molecule has 14 heteroatoms. The molecule has 13 nitrogen and oxygen atoms in total. The summed E-state index contributed by atoms with van der Waals surface area (Å²) in [5.74, 6) is 0.0947. The Labute approximate surface area is 229 Å². The van der Waals surface area contributed by atoms with Crippen LogP contribution in [0.1, 0.15) is 0 Å². The van der Waals surface area contributed by atoms with Gasteiger partial charge in [0, 0.05) is 22.7 Å². The van der Waals surface area contributed by atoms with Crippen LogP contribution in [-0.4, -0.2) is 36.3 Å². The molecular formula is C26H23N7O6S. The Kier molecular flexibility index (Phi) is 8.20. The summed E-state index contributed by atoms with van der Waals surface area (Å²) in [6.45, 7) is 3.40. The lowest BCUT2D eigenvalue weighted by molar-refractivity contribution is -0.384. The highest BCUT2D eigenvalue weighted by atomic mass is 32.2. The van der Waals surface area contributed by atoms with E-state index in [1.165, 1.54) is 31.4 Å². The average Bonchev–Trinajstić information content (AvgIpc) is 2.94. The summed E-state index contributed by atoms with van der Waals surface area (Å²) in [7, 11) is -2.33. The second-order valence-electron chi connectivity index (χ2n) is 8.07. The van der Waals surface area contributed by atoms with E-state index in [4.69, 9.17) is 4.74 Å². The number of hydrogen-bond donors (Lipinski definition) is 4. The lowest BCUT2D eigenvalue weighted by Gasteiger charge is -2.11. The van der Waals surface area contributed by atoms with Crippen LogP contribution in [0.5, 0.6) is 5.75 Å². The zero-order valence-corrected chi connectivity index (χ0v) is 21.8. The van der Waals surface area contributed by atoms with Crippen molar-refractivity contribution in [3.8, 4) is 5.75 Å². The molecule has 0 radical (unpaired) electrons. The van der Waals surface area contributed by atoms with E-state index in [1.807, 2.05) is 0 Å². The highest BCUT2D eigenvalue weighted by molar-refractivity contribution is 7.92. The van der Waals surface area contributed by atoms with Crippen LogP contribution in [0.25, 0.3) is 0 Å². The van der Waals surface area contributed by atoms with Gasteiger partial charge in [0.1, 0.15) is 11.9 Å². The first-order valence-corrected chi connectivity index (χ1v) is 13.0. The number of aromatic nitrogens is 2. The lowest BCUT2D eigenvalue weighted by Crippen LogP contribution is -2.12. The van der Waals surface area contributed by atoms with Crippen LogP contribution in [0, 0.1) is 10.1 Å². The smallest absolute Gasteiger partial charge is 0.329 e. The molecule has 4 aromatic rings. The number of carbonyl (C=O) groups is 1. The van der Waals surface area contributed by atoms with Gasteiger partial charge in [-0.2, -0.15) is 4.98 Å². The minimum atomic E-state index is -3.82. The topological polar surface area (TPSA) is 177 Å². The summed E-state index contributed by atoms with van der Waals surface area (Å²) in [6.07, 6.45) is 2.17. The largest absolute Gasteiger partial charge is 0.497 e. The van der Waals surface area contributed by atoms with Crippen LogP contribution in [0.15, 0.2) is 96.5 Å². The van der Waals surface area contributed by atoms with Crippen LogP contribution in [-0.2, 0) is 14.8 Å². The molecule has 0 saturated carbocycles. The summed E-state index contributed by atoms with van der Waals surface area (Å²) in [5, 5.41) is 20.0. The standard InChI is InChI=1S/C26H23N7O6S/c1-3-24(34)28-19-5-4-6-20(15-19)29-25-23(33(35)36)16-27-26(31-25)30-17-7-9-18(10-8-17)32-40(37,38)22-13-11-21(39-2)12-14-22/h3-16,32H,1H2,2H3,(H,28,34)(H2,27,29,30,31). The highest BCUT2D eigenvalue weighted by Gasteiger charge is 2.18. The molecule has 0 saturated heterocycles. The number of amides is 1. The molecule has 40 heavy (non-hydrogen) atoms. The van der Waals surface area contributed by atoms with E-state index < -0.39 is 20.9 Å². The number of rotatable bonds is 11. The average molecular weight is 562 g/mol. The molecule has 1 aromatic heterocycles.